The summed E-state index contributed by atoms with van der Waals surface area (Å²) in [6.07, 6.45) is 0.710. The largest absolute Gasteiger partial charge is 0.480 e. The second kappa shape index (κ2) is 6.03. The second-order valence-corrected chi connectivity index (χ2v) is 5.62. The van der Waals surface area contributed by atoms with Gasteiger partial charge in [0.15, 0.2) is 0 Å². The molecule has 21 heavy (non-hydrogen) atoms. The summed E-state index contributed by atoms with van der Waals surface area (Å²) in [6, 6.07) is 6.33. The molecule has 2 atom stereocenters. The number of benzene rings is 1. The first-order chi connectivity index (χ1) is 9.90. The minimum Gasteiger partial charge on any atom is -0.480 e. The molecule has 2 amide bonds. The molecule has 2 unspecified atom stereocenters. The summed E-state index contributed by atoms with van der Waals surface area (Å²) in [4.78, 5) is 26.9. The van der Waals surface area contributed by atoms with Crippen LogP contribution >= 0.6 is 0 Å². The Hall–Kier alpha value is -2.24. The van der Waals surface area contributed by atoms with Crippen molar-refractivity contribution in [3.63, 3.8) is 0 Å². The van der Waals surface area contributed by atoms with E-state index in [0.29, 0.717) is 18.7 Å². The van der Waals surface area contributed by atoms with E-state index in [2.05, 4.69) is 5.32 Å². The Kier molecular flexibility index (Phi) is 4.35. The van der Waals surface area contributed by atoms with Gasteiger partial charge in [-0.25, -0.2) is 9.59 Å². The predicted octanol–water partition coefficient (Wildman–Crippen LogP) is 2.08. The summed E-state index contributed by atoms with van der Waals surface area (Å²) in [5.41, 5.74) is 1.63. The number of carbonyl (C=O) groups is 2. The number of hydrogen-bond acceptors (Lipinski definition) is 3. The molecule has 0 spiro atoms. The molecule has 1 aromatic rings. The van der Waals surface area contributed by atoms with Gasteiger partial charge in [-0.15, -0.1) is 0 Å². The Balaban J connectivity index is 2.11. The summed E-state index contributed by atoms with van der Waals surface area (Å²) in [7, 11) is 3.84. The minimum atomic E-state index is -0.947. The lowest BCUT2D eigenvalue weighted by Gasteiger charge is -2.24. The fourth-order valence-electron chi connectivity index (χ4n) is 2.61. The van der Waals surface area contributed by atoms with Crippen LogP contribution in [0.3, 0.4) is 0 Å². The molecule has 1 heterocycles. The van der Waals surface area contributed by atoms with Crippen LogP contribution in [0.5, 0.6) is 0 Å². The molecule has 114 valence electrons. The molecule has 1 aliphatic rings. The third kappa shape index (κ3) is 3.26. The van der Waals surface area contributed by atoms with E-state index >= 15 is 0 Å². The molecule has 1 fully saturated rings. The maximum absolute atomic E-state index is 12.3. The van der Waals surface area contributed by atoms with E-state index < -0.39 is 12.0 Å². The summed E-state index contributed by atoms with van der Waals surface area (Å²) in [5, 5.41) is 12.0. The minimum absolute atomic E-state index is 0.0265. The zero-order valence-electron chi connectivity index (χ0n) is 12.5. The van der Waals surface area contributed by atoms with Crippen molar-refractivity contribution < 1.29 is 14.7 Å². The lowest BCUT2D eigenvalue weighted by Crippen LogP contribution is -2.44. The predicted molar refractivity (Wildman–Crippen MR) is 81.7 cm³/mol. The van der Waals surface area contributed by atoms with Gasteiger partial charge >= 0.3 is 12.0 Å². The summed E-state index contributed by atoms with van der Waals surface area (Å²) in [6.45, 7) is 2.33. The molecule has 0 radical (unpaired) electrons. The van der Waals surface area contributed by atoms with Crippen molar-refractivity contribution in [2.75, 3.05) is 30.9 Å². The van der Waals surface area contributed by atoms with Crippen LogP contribution in [0.1, 0.15) is 13.3 Å². The number of carboxylic acid groups (broad SMARTS) is 1. The van der Waals surface area contributed by atoms with Crippen molar-refractivity contribution >= 4 is 23.4 Å². The number of nitrogens with zero attached hydrogens (tertiary/aromatic N) is 2. The van der Waals surface area contributed by atoms with Crippen molar-refractivity contribution in [3.8, 4) is 0 Å². The molecular weight excluding hydrogens is 270 g/mol. The third-order valence-electron chi connectivity index (χ3n) is 3.83. The van der Waals surface area contributed by atoms with Gasteiger partial charge in [0, 0.05) is 32.0 Å². The number of carbonyl (C=O) groups excluding carboxylic acids is 1. The van der Waals surface area contributed by atoms with Crippen molar-refractivity contribution in [2.24, 2.45) is 5.92 Å². The Labute approximate surface area is 124 Å². The number of likely N-dealkylation sites (tertiary alicyclic amines) is 1. The van der Waals surface area contributed by atoms with Gasteiger partial charge in [-0.3, -0.25) is 0 Å². The van der Waals surface area contributed by atoms with Crippen molar-refractivity contribution in [1.82, 2.24) is 4.90 Å². The number of nitrogens with one attached hydrogen (secondary N) is 1. The van der Waals surface area contributed by atoms with E-state index in [4.69, 9.17) is 0 Å². The molecule has 0 saturated carbocycles. The molecule has 6 heteroatoms. The average molecular weight is 291 g/mol. The molecule has 0 aromatic heterocycles. The average Bonchev–Trinajstić information content (AvgIpc) is 2.81. The molecule has 2 N–H and O–H groups in total. The zero-order valence-corrected chi connectivity index (χ0v) is 12.5. The van der Waals surface area contributed by atoms with Crippen LogP contribution in [0.25, 0.3) is 0 Å². The number of rotatable bonds is 3. The van der Waals surface area contributed by atoms with E-state index in [1.165, 1.54) is 4.90 Å². The normalized spacial score (nSPS) is 21.2. The number of hydrogen-bond donors (Lipinski definition) is 2. The number of urea groups is 1. The Morgan fingerprint density at radius 1 is 1.38 bits per heavy atom. The summed E-state index contributed by atoms with van der Waals surface area (Å²) >= 11 is 0. The van der Waals surface area contributed by atoms with Gasteiger partial charge < -0.3 is 20.2 Å². The van der Waals surface area contributed by atoms with Gasteiger partial charge in [0.05, 0.1) is 0 Å². The van der Waals surface area contributed by atoms with E-state index in [1.807, 2.05) is 44.1 Å². The van der Waals surface area contributed by atoms with Gasteiger partial charge in [-0.1, -0.05) is 13.0 Å². The maximum atomic E-state index is 12.3. The lowest BCUT2D eigenvalue weighted by atomic mass is 10.0. The van der Waals surface area contributed by atoms with Gasteiger partial charge in [0.25, 0.3) is 0 Å². The monoisotopic (exact) mass is 291 g/mol. The van der Waals surface area contributed by atoms with Crippen LogP contribution in [0, 0.1) is 5.92 Å². The fraction of sp³-hybridized carbons (Fsp3) is 0.467. The van der Waals surface area contributed by atoms with Crippen LogP contribution < -0.4 is 10.2 Å². The Morgan fingerprint density at radius 2 is 2.10 bits per heavy atom. The third-order valence-corrected chi connectivity index (χ3v) is 3.83. The van der Waals surface area contributed by atoms with Gasteiger partial charge in [0.2, 0.25) is 0 Å². The lowest BCUT2D eigenvalue weighted by molar-refractivity contribution is -0.142. The van der Waals surface area contributed by atoms with Crippen molar-refractivity contribution in [2.45, 2.75) is 19.4 Å². The molecule has 1 aliphatic heterocycles. The van der Waals surface area contributed by atoms with Crippen LogP contribution in [0.15, 0.2) is 24.3 Å². The van der Waals surface area contributed by atoms with Gasteiger partial charge in [-0.05, 0) is 30.5 Å². The number of aliphatic carboxylic acids is 1. The van der Waals surface area contributed by atoms with Crippen LogP contribution in [-0.4, -0.2) is 48.7 Å². The zero-order chi connectivity index (χ0) is 15.6. The highest BCUT2D eigenvalue weighted by Crippen LogP contribution is 2.25. The quantitative estimate of drug-likeness (QED) is 0.894. The molecule has 0 aliphatic carbocycles. The molecule has 1 saturated heterocycles. The SMILES string of the molecule is CC1CCN(C(=O)Nc2cccc(N(C)C)c2)C1C(=O)O. The van der Waals surface area contributed by atoms with E-state index in [1.54, 1.807) is 6.07 Å². The number of anilines is 2. The van der Waals surface area contributed by atoms with E-state index in [9.17, 15) is 14.7 Å². The first kappa shape index (κ1) is 15.2. The first-order valence-electron chi connectivity index (χ1n) is 6.98. The van der Waals surface area contributed by atoms with Crippen LogP contribution in [0.4, 0.5) is 16.2 Å². The van der Waals surface area contributed by atoms with Gasteiger partial charge in [-0.2, -0.15) is 0 Å². The Bertz CT molecular complexity index is 545. The second-order valence-electron chi connectivity index (χ2n) is 5.62. The first-order valence-corrected chi connectivity index (χ1v) is 6.98. The highest BCUT2D eigenvalue weighted by atomic mass is 16.4. The maximum Gasteiger partial charge on any atom is 0.326 e. The highest BCUT2D eigenvalue weighted by Gasteiger charge is 2.39. The fourth-order valence-corrected chi connectivity index (χ4v) is 2.61. The smallest absolute Gasteiger partial charge is 0.326 e. The molecule has 0 bridgehead atoms. The molecule has 6 nitrogen and oxygen atoms in total. The van der Waals surface area contributed by atoms with Crippen molar-refractivity contribution in [3.05, 3.63) is 24.3 Å². The standard InChI is InChI=1S/C15H21N3O3/c1-10-7-8-18(13(10)14(19)20)15(21)16-11-5-4-6-12(9-11)17(2)3/h4-6,9-10,13H,7-8H2,1-3H3,(H,16,21)(H,19,20). The number of amides is 2. The number of carboxylic acids is 1. The summed E-state index contributed by atoms with van der Waals surface area (Å²) in [5.74, 6) is -0.974. The Morgan fingerprint density at radius 3 is 2.71 bits per heavy atom. The molecule has 1 aromatic carbocycles. The van der Waals surface area contributed by atoms with Crippen LogP contribution in [0.2, 0.25) is 0 Å². The van der Waals surface area contributed by atoms with Gasteiger partial charge in [0.1, 0.15) is 6.04 Å². The molecule has 2 rings (SSSR count). The van der Waals surface area contributed by atoms with Crippen LogP contribution in [-0.2, 0) is 4.79 Å². The summed E-state index contributed by atoms with van der Waals surface area (Å²) < 4.78 is 0. The molecular formula is C15H21N3O3. The van der Waals surface area contributed by atoms with E-state index in [0.717, 1.165) is 5.69 Å². The highest BCUT2D eigenvalue weighted by molar-refractivity contribution is 5.93. The van der Waals surface area contributed by atoms with Crippen molar-refractivity contribution in [1.29, 1.82) is 0 Å². The van der Waals surface area contributed by atoms with E-state index in [-0.39, 0.29) is 11.9 Å². The topological polar surface area (TPSA) is 72.9 Å².